The summed E-state index contributed by atoms with van der Waals surface area (Å²) in [5.41, 5.74) is 5.53. The summed E-state index contributed by atoms with van der Waals surface area (Å²) in [4.78, 5) is 53.5. The number of primary amides is 1. The summed E-state index contributed by atoms with van der Waals surface area (Å²) in [5, 5.41) is 6.30. The summed E-state index contributed by atoms with van der Waals surface area (Å²) < 4.78 is 5.36. The van der Waals surface area contributed by atoms with Gasteiger partial charge in [-0.15, -0.1) is 0 Å². The van der Waals surface area contributed by atoms with Crippen molar-refractivity contribution in [1.82, 2.24) is 10.2 Å². The molecule has 0 bridgehead atoms. The van der Waals surface area contributed by atoms with Crippen molar-refractivity contribution in [3.05, 3.63) is 58.6 Å². The predicted octanol–water partition coefficient (Wildman–Crippen LogP) is 1.14. The highest BCUT2D eigenvalue weighted by atomic mass is 35.5. The van der Waals surface area contributed by atoms with Crippen molar-refractivity contribution < 1.29 is 23.9 Å². The van der Waals surface area contributed by atoms with Gasteiger partial charge in [-0.3, -0.25) is 29.4 Å². The molecule has 9 nitrogen and oxygen atoms in total. The lowest BCUT2D eigenvalue weighted by Gasteiger charge is -2.29. The normalized spacial score (nSPS) is 27.6. The quantitative estimate of drug-likeness (QED) is 0.564. The van der Waals surface area contributed by atoms with E-state index in [9.17, 15) is 19.2 Å². The molecule has 2 saturated heterocycles. The molecule has 0 radical (unpaired) electrons. The number of fused-ring (bicyclic) bond motifs is 4. The van der Waals surface area contributed by atoms with Crippen molar-refractivity contribution in [2.75, 3.05) is 12.4 Å². The molecule has 2 aromatic rings. The number of benzene rings is 2. The van der Waals surface area contributed by atoms with Gasteiger partial charge in [0, 0.05) is 34.3 Å². The molecule has 10 heteroatoms. The molecule has 3 heterocycles. The van der Waals surface area contributed by atoms with Crippen LogP contribution >= 0.6 is 11.6 Å². The van der Waals surface area contributed by atoms with E-state index in [0.717, 1.165) is 4.90 Å². The van der Waals surface area contributed by atoms with Crippen LogP contribution in [0.3, 0.4) is 0 Å². The van der Waals surface area contributed by atoms with Crippen molar-refractivity contribution in [3.63, 3.8) is 0 Å². The van der Waals surface area contributed by atoms with Gasteiger partial charge in [-0.2, -0.15) is 0 Å². The zero-order chi connectivity index (χ0) is 23.5. The number of likely N-dealkylation sites (tertiary alicyclic amines) is 1. The van der Waals surface area contributed by atoms with Crippen LogP contribution in [-0.4, -0.2) is 41.7 Å². The van der Waals surface area contributed by atoms with Crippen molar-refractivity contribution in [2.24, 2.45) is 17.6 Å². The van der Waals surface area contributed by atoms with Crippen molar-refractivity contribution in [2.45, 2.75) is 24.5 Å². The maximum atomic E-state index is 13.7. The average molecular weight is 469 g/mol. The third-order valence-electron chi connectivity index (χ3n) is 6.71. The van der Waals surface area contributed by atoms with Crippen LogP contribution in [0.2, 0.25) is 5.02 Å². The number of anilines is 1. The molecule has 4 N–H and O–H groups in total. The summed E-state index contributed by atoms with van der Waals surface area (Å²) in [6, 6.07) is 11.2. The predicted molar refractivity (Wildman–Crippen MR) is 118 cm³/mol. The molecule has 170 valence electrons. The lowest BCUT2D eigenvalue weighted by Crippen LogP contribution is -2.53. The number of hydrogen-bond donors (Lipinski definition) is 3. The molecule has 2 unspecified atom stereocenters. The zero-order valence-electron chi connectivity index (χ0n) is 17.6. The highest BCUT2D eigenvalue weighted by Crippen LogP contribution is 2.54. The van der Waals surface area contributed by atoms with E-state index in [2.05, 4.69) is 10.6 Å². The van der Waals surface area contributed by atoms with E-state index in [1.54, 1.807) is 42.5 Å². The number of hydrogen-bond acceptors (Lipinski definition) is 6. The van der Waals surface area contributed by atoms with Gasteiger partial charge in [0.25, 0.3) is 0 Å². The number of imide groups is 1. The Labute approximate surface area is 194 Å². The average Bonchev–Trinajstić information content (AvgIpc) is 3.34. The van der Waals surface area contributed by atoms with E-state index in [-0.39, 0.29) is 13.0 Å². The number of rotatable bonds is 5. The van der Waals surface area contributed by atoms with Crippen LogP contribution in [0.15, 0.2) is 42.5 Å². The Kier molecular flexibility index (Phi) is 4.91. The van der Waals surface area contributed by atoms with E-state index < -0.39 is 47.0 Å². The summed E-state index contributed by atoms with van der Waals surface area (Å²) in [6.07, 6.45) is -0.201. The van der Waals surface area contributed by atoms with Crippen LogP contribution in [0, 0.1) is 11.8 Å². The Hall–Kier alpha value is -3.43. The van der Waals surface area contributed by atoms with Crippen LogP contribution in [0.5, 0.6) is 5.75 Å². The first kappa shape index (κ1) is 21.4. The third-order valence-corrected chi connectivity index (χ3v) is 6.95. The molecule has 1 spiro atoms. The Morgan fingerprint density at radius 3 is 2.67 bits per heavy atom. The topological polar surface area (TPSA) is 131 Å². The molecule has 3 aliphatic heterocycles. The van der Waals surface area contributed by atoms with E-state index >= 15 is 0 Å². The monoisotopic (exact) mass is 468 g/mol. The van der Waals surface area contributed by atoms with Gasteiger partial charge in [0.1, 0.15) is 11.3 Å². The lowest BCUT2D eigenvalue weighted by molar-refractivity contribution is -0.143. The van der Waals surface area contributed by atoms with Gasteiger partial charge in [0.2, 0.25) is 23.6 Å². The molecule has 4 amide bonds. The lowest BCUT2D eigenvalue weighted by atomic mass is 9.76. The van der Waals surface area contributed by atoms with E-state index in [0.29, 0.717) is 27.6 Å². The highest BCUT2D eigenvalue weighted by Gasteiger charge is 2.70. The summed E-state index contributed by atoms with van der Waals surface area (Å²) in [5.74, 6) is -3.53. The summed E-state index contributed by atoms with van der Waals surface area (Å²) >= 11 is 6.21. The second kappa shape index (κ2) is 7.57. The van der Waals surface area contributed by atoms with Gasteiger partial charge in [-0.25, -0.2) is 0 Å². The van der Waals surface area contributed by atoms with Crippen molar-refractivity contribution in [1.29, 1.82) is 0 Å². The third kappa shape index (κ3) is 3.03. The number of amides is 4. The SMILES string of the molecule is COc1ccccc1CN1C(=O)[C@@H]2C(CC(N)=O)NC3(C(=O)Nc4ccc(Cl)cc43)[C@@H]2C1=O. The highest BCUT2D eigenvalue weighted by molar-refractivity contribution is 6.31. The minimum atomic E-state index is -1.53. The van der Waals surface area contributed by atoms with Crippen LogP contribution in [-0.2, 0) is 31.3 Å². The molecule has 4 atom stereocenters. The van der Waals surface area contributed by atoms with Crippen molar-refractivity contribution in [3.8, 4) is 5.75 Å². The fourth-order valence-electron chi connectivity index (χ4n) is 5.39. The second-order valence-electron chi connectivity index (χ2n) is 8.45. The molecular formula is C23H21ClN4O5. The number of nitrogens with one attached hydrogen (secondary N) is 2. The molecule has 2 fully saturated rings. The molecule has 5 rings (SSSR count). The first-order valence-corrected chi connectivity index (χ1v) is 10.8. The van der Waals surface area contributed by atoms with Crippen LogP contribution < -0.4 is 21.1 Å². The fraction of sp³-hybridized carbons (Fsp3) is 0.304. The smallest absolute Gasteiger partial charge is 0.250 e. The number of halogens is 1. The zero-order valence-corrected chi connectivity index (χ0v) is 18.4. The molecule has 0 aliphatic carbocycles. The number of para-hydroxylation sites is 1. The molecular weight excluding hydrogens is 448 g/mol. The Balaban J connectivity index is 1.61. The maximum absolute atomic E-state index is 13.7. The van der Waals surface area contributed by atoms with E-state index in [4.69, 9.17) is 22.1 Å². The largest absolute Gasteiger partial charge is 0.496 e. The molecule has 0 saturated carbocycles. The fourth-order valence-corrected chi connectivity index (χ4v) is 5.56. The first-order valence-electron chi connectivity index (χ1n) is 10.4. The van der Waals surface area contributed by atoms with Crippen molar-refractivity contribution >= 4 is 40.9 Å². The molecule has 2 aromatic carbocycles. The number of nitrogens with zero attached hydrogens (tertiary/aromatic N) is 1. The van der Waals surface area contributed by atoms with Gasteiger partial charge < -0.3 is 15.8 Å². The van der Waals surface area contributed by atoms with Crippen LogP contribution in [0.25, 0.3) is 0 Å². The number of methoxy groups -OCH3 is 1. The van der Waals surface area contributed by atoms with Gasteiger partial charge in [0.15, 0.2) is 0 Å². The van der Waals surface area contributed by atoms with Gasteiger partial charge >= 0.3 is 0 Å². The van der Waals surface area contributed by atoms with Gasteiger partial charge in [-0.1, -0.05) is 29.8 Å². The van der Waals surface area contributed by atoms with E-state index in [1.807, 2.05) is 0 Å². The number of carbonyl (C=O) groups excluding carboxylic acids is 4. The Bertz CT molecular complexity index is 1220. The summed E-state index contributed by atoms with van der Waals surface area (Å²) in [7, 11) is 1.51. The number of carbonyl (C=O) groups is 4. The maximum Gasteiger partial charge on any atom is 0.250 e. The van der Waals surface area contributed by atoms with Gasteiger partial charge in [0.05, 0.1) is 25.5 Å². The van der Waals surface area contributed by atoms with E-state index in [1.165, 1.54) is 7.11 Å². The van der Waals surface area contributed by atoms with Gasteiger partial charge in [-0.05, 0) is 24.3 Å². The standard InChI is InChI=1S/C23H21ClN4O5/c1-33-16-5-3-2-4-11(16)10-28-20(30)18-15(9-17(25)29)27-23(19(18)21(28)31)13-8-12(24)6-7-14(13)26-22(23)32/h2-8,15,18-19,27H,9-10H2,1H3,(H2,25,29)(H,26,32)/t15?,18-,19+,23?/m1/s1. The summed E-state index contributed by atoms with van der Waals surface area (Å²) in [6.45, 7) is -0.0158. The Morgan fingerprint density at radius 1 is 1.18 bits per heavy atom. The number of ether oxygens (including phenoxy) is 1. The minimum Gasteiger partial charge on any atom is -0.496 e. The molecule has 0 aromatic heterocycles. The Morgan fingerprint density at radius 2 is 1.94 bits per heavy atom. The second-order valence-corrected chi connectivity index (χ2v) is 8.89. The molecule has 3 aliphatic rings. The minimum absolute atomic E-state index is 0.0158. The number of nitrogens with two attached hydrogens (primary N) is 1. The van der Waals surface area contributed by atoms with Crippen LogP contribution in [0.1, 0.15) is 17.5 Å². The first-order chi connectivity index (χ1) is 15.8. The van der Waals surface area contributed by atoms with Crippen LogP contribution in [0.4, 0.5) is 5.69 Å². The molecule has 33 heavy (non-hydrogen) atoms.